The lowest BCUT2D eigenvalue weighted by Crippen LogP contribution is -2.30. The third kappa shape index (κ3) is 5.46. The fourth-order valence-electron chi connectivity index (χ4n) is 3.37. The van der Waals surface area contributed by atoms with Gasteiger partial charge < -0.3 is 20.9 Å². The van der Waals surface area contributed by atoms with Crippen molar-refractivity contribution in [1.29, 1.82) is 0 Å². The van der Waals surface area contributed by atoms with Gasteiger partial charge in [-0.25, -0.2) is 0 Å². The van der Waals surface area contributed by atoms with Crippen LogP contribution in [0.1, 0.15) is 54.9 Å². The van der Waals surface area contributed by atoms with Crippen molar-refractivity contribution in [2.75, 3.05) is 13.2 Å². The molecule has 0 unspecified atom stereocenters. The maximum absolute atomic E-state index is 11.8. The summed E-state index contributed by atoms with van der Waals surface area (Å²) in [6.45, 7) is 6.88. The van der Waals surface area contributed by atoms with Gasteiger partial charge in [-0.2, -0.15) is 0 Å². The van der Waals surface area contributed by atoms with Crippen molar-refractivity contribution in [1.82, 2.24) is 5.32 Å². The topological polar surface area (TPSA) is 102 Å². The number of nitrogens with one attached hydrogen (secondary N) is 1. The fourth-order valence-corrected chi connectivity index (χ4v) is 4.72. The van der Waals surface area contributed by atoms with Crippen molar-refractivity contribution in [3.63, 3.8) is 0 Å². The maximum atomic E-state index is 11.8. The first kappa shape index (κ1) is 22.6. The summed E-state index contributed by atoms with van der Waals surface area (Å²) in [6, 6.07) is -0.826. The molecule has 154 valence electrons. The molecule has 0 fully saturated rings. The monoisotopic (exact) mass is 424 g/mol. The molecule has 2 rings (SSSR count). The molecule has 8 heteroatoms. The second kappa shape index (κ2) is 10.2. The van der Waals surface area contributed by atoms with Crippen molar-refractivity contribution >= 4 is 40.1 Å². The molecule has 0 radical (unpaired) electrons. The van der Waals surface area contributed by atoms with Crippen molar-refractivity contribution in [2.24, 2.45) is 5.73 Å². The number of fused-ring (bicyclic) bond motifs is 1. The van der Waals surface area contributed by atoms with Crippen LogP contribution in [-0.4, -0.2) is 40.4 Å². The summed E-state index contributed by atoms with van der Waals surface area (Å²) in [7, 11) is 0. The lowest BCUT2D eigenvalue weighted by atomic mass is 9.93. The molecule has 0 amide bonds. The van der Waals surface area contributed by atoms with Crippen LogP contribution in [0.5, 0.6) is 5.75 Å². The van der Waals surface area contributed by atoms with E-state index >= 15 is 0 Å². The number of aliphatic carboxylic acids is 1. The van der Waals surface area contributed by atoms with Crippen LogP contribution in [0.3, 0.4) is 0 Å². The van der Waals surface area contributed by atoms with Crippen LogP contribution in [0.4, 0.5) is 0 Å². The minimum Gasteiger partial charge on any atom is -0.493 e. The van der Waals surface area contributed by atoms with Crippen LogP contribution in [0.15, 0.2) is 4.90 Å². The largest absolute Gasteiger partial charge is 0.493 e. The third-order valence-electron chi connectivity index (χ3n) is 4.85. The number of thiocarbonyl (C=S) groups is 1. The van der Waals surface area contributed by atoms with E-state index in [-0.39, 0.29) is 5.12 Å². The van der Waals surface area contributed by atoms with E-state index in [9.17, 15) is 9.59 Å². The second-order valence-electron chi connectivity index (χ2n) is 7.00. The van der Waals surface area contributed by atoms with Gasteiger partial charge in [-0.3, -0.25) is 9.59 Å². The molecule has 0 spiro atoms. The quantitative estimate of drug-likeness (QED) is 0.332. The van der Waals surface area contributed by atoms with E-state index in [0.29, 0.717) is 31.0 Å². The van der Waals surface area contributed by atoms with Crippen LogP contribution < -0.4 is 15.8 Å². The van der Waals surface area contributed by atoms with E-state index in [1.807, 2.05) is 13.8 Å². The van der Waals surface area contributed by atoms with Gasteiger partial charge in [0.05, 0.1) is 6.61 Å². The van der Waals surface area contributed by atoms with Gasteiger partial charge in [0, 0.05) is 29.5 Å². The number of rotatable bonds is 8. The van der Waals surface area contributed by atoms with Gasteiger partial charge in [-0.15, -0.1) is 0 Å². The number of carbonyl (C=O) groups excluding carboxylic acids is 1. The third-order valence-corrected chi connectivity index (χ3v) is 6.20. The van der Waals surface area contributed by atoms with Crippen LogP contribution >= 0.6 is 24.0 Å². The first-order valence-electron chi connectivity index (χ1n) is 9.47. The summed E-state index contributed by atoms with van der Waals surface area (Å²) >= 11 is 6.86. The molecule has 0 aromatic heterocycles. The van der Waals surface area contributed by atoms with Crippen molar-refractivity contribution < 1.29 is 19.4 Å². The lowest BCUT2D eigenvalue weighted by molar-refractivity contribution is -0.138. The standard InChI is InChI=1S/C20H28N2O4S2/c1-11-14-7-6-10-26-17(14)12(2)16(18(11)28-13(3)23)19(27)22-9-5-4-8-15(21)20(24)25/h15H,4-10,21H2,1-3H3,(H,22,27)(H,24,25)/t15-/m0/s1. The highest BCUT2D eigenvalue weighted by Gasteiger charge is 2.25. The summed E-state index contributed by atoms with van der Waals surface area (Å²) < 4.78 is 5.93. The zero-order valence-corrected chi connectivity index (χ0v) is 18.2. The highest BCUT2D eigenvalue weighted by atomic mass is 32.2. The van der Waals surface area contributed by atoms with E-state index < -0.39 is 12.0 Å². The average molecular weight is 425 g/mol. The Kier molecular flexibility index (Phi) is 8.27. The molecular weight excluding hydrogens is 396 g/mol. The van der Waals surface area contributed by atoms with E-state index in [1.54, 1.807) is 6.92 Å². The lowest BCUT2D eigenvalue weighted by Gasteiger charge is -2.26. The van der Waals surface area contributed by atoms with Crippen LogP contribution in [0.25, 0.3) is 0 Å². The number of carbonyl (C=O) groups is 2. The fraction of sp³-hybridized carbons (Fsp3) is 0.550. The molecule has 1 aliphatic rings. The zero-order valence-electron chi connectivity index (χ0n) is 16.6. The normalized spacial score (nSPS) is 14.0. The average Bonchev–Trinajstić information content (AvgIpc) is 2.65. The number of thioether (sulfide) groups is 1. The number of carboxylic acids is 1. The Morgan fingerprint density at radius 1 is 1.32 bits per heavy atom. The summed E-state index contributed by atoms with van der Waals surface area (Å²) in [4.78, 5) is 24.1. The van der Waals surface area contributed by atoms with Crippen molar-refractivity contribution in [2.45, 2.75) is 63.8 Å². The van der Waals surface area contributed by atoms with Gasteiger partial charge in [0.1, 0.15) is 16.8 Å². The molecule has 0 saturated heterocycles. The summed E-state index contributed by atoms with van der Waals surface area (Å²) in [5.74, 6) is -0.0854. The van der Waals surface area contributed by atoms with Gasteiger partial charge in [0.25, 0.3) is 0 Å². The Bertz CT molecular complexity index is 780. The van der Waals surface area contributed by atoms with Gasteiger partial charge in [0.15, 0.2) is 5.12 Å². The van der Waals surface area contributed by atoms with Gasteiger partial charge >= 0.3 is 5.97 Å². The Hall–Kier alpha value is -1.64. The summed E-state index contributed by atoms with van der Waals surface area (Å²) in [5, 5.41) is 12.1. The van der Waals surface area contributed by atoms with Crippen LogP contribution in [-0.2, 0) is 16.0 Å². The molecule has 1 aromatic rings. The predicted octanol–water partition coefficient (Wildman–Crippen LogP) is 3.11. The van der Waals surface area contributed by atoms with E-state index in [0.717, 1.165) is 46.6 Å². The molecule has 1 aromatic carbocycles. The number of unbranched alkanes of at least 4 members (excludes halogenated alkanes) is 1. The number of benzene rings is 1. The van der Waals surface area contributed by atoms with Crippen LogP contribution in [0.2, 0.25) is 0 Å². The molecular formula is C20H28N2O4S2. The van der Waals surface area contributed by atoms with Gasteiger partial charge in [-0.05, 0) is 57.1 Å². The van der Waals surface area contributed by atoms with E-state index in [1.165, 1.54) is 17.3 Å². The molecule has 1 heterocycles. The maximum Gasteiger partial charge on any atom is 0.320 e. The molecule has 0 bridgehead atoms. The molecule has 0 saturated carbocycles. The Morgan fingerprint density at radius 3 is 2.68 bits per heavy atom. The minimum atomic E-state index is -0.977. The molecule has 4 N–H and O–H groups in total. The van der Waals surface area contributed by atoms with Crippen LogP contribution in [0, 0.1) is 13.8 Å². The molecule has 1 aliphatic heterocycles. The van der Waals surface area contributed by atoms with Gasteiger partial charge in [0.2, 0.25) is 0 Å². The Balaban J connectivity index is 2.16. The Morgan fingerprint density at radius 2 is 2.04 bits per heavy atom. The van der Waals surface area contributed by atoms with Crippen molar-refractivity contribution in [3.05, 3.63) is 22.3 Å². The SMILES string of the molecule is CC(=O)Sc1c(C)c2c(c(C)c1C(=S)NCCCC[C@H](N)C(=O)O)OCCC2. The minimum absolute atomic E-state index is 0.0193. The van der Waals surface area contributed by atoms with Gasteiger partial charge in [-0.1, -0.05) is 24.0 Å². The number of ether oxygens (including phenoxy) is 1. The van der Waals surface area contributed by atoms with E-state index in [4.69, 9.17) is 27.8 Å². The first-order chi connectivity index (χ1) is 13.2. The number of hydrogen-bond acceptors (Lipinski definition) is 6. The smallest absolute Gasteiger partial charge is 0.320 e. The predicted molar refractivity (Wildman–Crippen MR) is 115 cm³/mol. The Labute approximate surface area is 175 Å². The first-order valence-corrected chi connectivity index (χ1v) is 10.7. The summed E-state index contributed by atoms with van der Waals surface area (Å²) in [6.07, 6.45) is 3.80. The number of carboxylic acid groups (broad SMARTS) is 1. The number of nitrogens with two attached hydrogens (primary N) is 1. The summed E-state index contributed by atoms with van der Waals surface area (Å²) in [5.41, 5.74) is 9.58. The second-order valence-corrected chi connectivity index (χ2v) is 8.60. The highest BCUT2D eigenvalue weighted by molar-refractivity contribution is 8.13. The molecule has 6 nitrogen and oxygen atoms in total. The molecule has 1 atom stereocenters. The van der Waals surface area contributed by atoms with E-state index in [2.05, 4.69) is 5.32 Å². The molecule has 0 aliphatic carbocycles. The zero-order chi connectivity index (χ0) is 20.8. The molecule has 28 heavy (non-hydrogen) atoms. The highest BCUT2D eigenvalue weighted by Crippen LogP contribution is 2.41. The van der Waals surface area contributed by atoms with Crippen molar-refractivity contribution in [3.8, 4) is 5.75 Å². The number of hydrogen-bond donors (Lipinski definition) is 3.